The Hall–Kier alpha value is -1.89. The summed E-state index contributed by atoms with van der Waals surface area (Å²) in [6.07, 6.45) is 8.30. The lowest BCUT2D eigenvalue weighted by atomic mass is 9.98. The van der Waals surface area contributed by atoms with Crippen molar-refractivity contribution in [3.8, 4) is 0 Å². The van der Waals surface area contributed by atoms with Gasteiger partial charge < -0.3 is 15.5 Å². The van der Waals surface area contributed by atoms with E-state index in [1.807, 2.05) is 0 Å². The van der Waals surface area contributed by atoms with Gasteiger partial charge in [0.15, 0.2) is 0 Å². The van der Waals surface area contributed by atoms with Crippen LogP contribution in [0.25, 0.3) is 0 Å². The lowest BCUT2D eigenvalue weighted by molar-refractivity contribution is -0.121. The molecule has 0 radical (unpaired) electrons. The van der Waals surface area contributed by atoms with E-state index in [0.717, 1.165) is 13.0 Å². The van der Waals surface area contributed by atoms with Crippen molar-refractivity contribution in [2.45, 2.75) is 44.7 Å². The molecule has 122 valence electrons. The van der Waals surface area contributed by atoms with Crippen molar-refractivity contribution in [3.63, 3.8) is 0 Å². The third-order valence-corrected chi connectivity index (χ3v) is 4.13. The number of anilines is 1. The second-order valence-electron chi connectivity index (χ2n) is 5.82. The predicted octanol–water partition coefficient (Wildman–Crippen LogP) is 0.832. The van der Waals surface area contributed by atoms with Crippen molar-refractivity contribution >= 4 is 17.5 Å². The molecule has 2 heterocycles. The molecule has 2 N–H and O–H groups in total. The molecular formula is C15H25N5O2. The van der Waals surface area contributed by atoms with Gasteiger partial charge in [0, 0.05) is 25.7 Å². The molecule has 0 bridgehead atoms. The van der Waals surface area contributed by atoms with Gasteiger partial charge in [0.2, 0.25) is 11.8 Å². The van der Waals surface area contributed by atoms with E-state index in [1.165, 1.54) is 23.9 Å². The van der Waals surface area contributed by atoms with Gasteiger partial charge in [-0.15, -0.1) is 0 Å². The first kappa shape index (κ1) is 16.5. The summed E-state index contributed by atoms with van der Waals surface area (Å²) in [6, 6.07) is 0.510. The summed E-state index contributed by atoms with van der Waals surface area (Å²) >= 11 is 0. The molecule has 1 fully saturated rings. The molecule has 0 aliphatic carbocycles. The molecule has 7 nitrogen and oxygen atoms in total. The van der Waals surface area contributed by atoms with E-state index < -0.39 is 0 Å². The summed E-state index contributed by atoms with van der Waals surface area (Å²) in [5.74, 6) is -0.125. The van der Waals surface area contributed by atoms with E-state index in [0.29, 0.717) is 18.2 Å². The van der Waals surface area contributed by atoms with Gasteiger partial charge in [-0.3, -0.25) is 14.3 Å². The number of amides is 2. The Bertz CT molecular complexity index is 514. The van der Waals surface area contributed by atoms with Gasteiger partial charge in [-0.05, 0) is 32.9 Å². The van der Waals surface area contributed by atoms with Crippen molar-refractivity contribution in [2.75, 3.05) is 26.0 Å². The summed E-state index contributed by atoms with van der Waals surface area (Å²) in [5, 5.41) is 9.42. The van der Waals surface area contributed by atoms with Crippen molar-refractivity contribution in [3.05, 3.63) is 12.4 Å². The fourth-order valence-corrected chi connectivity index (χ4v) is 2.77. The van der Waals surface area contributed by atoms with Crippen LogP contribution in [0, 0.1) is 0 Å². The number of likely N-dealkylation sites (tertiary alicyclic amines) is 1. The van der Waals surface area contributed by atoms with Crippen LogP contribution in [0.4, 0.5) is 5.69 Å². The molecule has 0 aromatic carbocycles. The highest BCUT2D eigenvalue weighted by Crippen LogP contribution is 2.19. The minimum atomic E-state index is -0.124. The first-order valence-electron chi connectivity index (χ1n) is 7.81. The highest BCUT2D eigenvalue weighted by molar-refractivity contribution is 5.90. The van der Waals surface area contributed by atoms with E-state index in [2.05, 4.69) is 27.7 Å². The lowest BCUT2D eigenvalue weighted by Gasteiger charge is -2.32. The second-order valence-corrected chi connectivity index (χ2v) is 5.82. The maximum absolute atomic E-state index is 12.0. The number of likely N-dealkylation sites (N-methyl/N-ethyl adjacent to an activating group) is 1. The number of aromatic nitrogens is 2. The van der Waals surface area contributed by atoms with Crippen LogP contribution in [0.5, 0.6) is 0 Å². The van der Waals surface area contributed by atoms with Crippen molar-refractivity contribution < 1.29 is 9.59 Å². The number of nitrogens with zero attached hydrogens (tertiary/aromatic N) is 3. The Morgan fingerprint density at radius 2 is 2.18 bits per heavy atom. The molecule has 1 saturated heterocycles. The first-order valence-corrected chi connectivity index (χ1v) is 7.81. The summed E-state index contributed by atoms with van der Waals surface area (Å²) < 4.78 is 1.50. The largest absolute Gasteiger partial charge is 0.358 e. The zero-order chi connectivity index (χ0) is 15.9. The van der Waals surface area contributed by atoms with Crippen LogP contribution in [-0.2, 0) is 16.1 Å². The van der Waals surface area contributed by atoms with E-state index in [9.17, 15) is 9.59 Å². The summed E-state index contributed by atoms with van der Waals surface area (Å²) in [7, 11) is 3.71. The van der Waals surface area contributed by atoms with Gasteiger partial charge in [-0.25, -0.2) is 0 Å². The zero-order valence-electron chi connectivity index (χ0n) is 13.3. The fraction of sp³-hybridized carbons (Fsp3) is 0.667. The number of rotatable bonds is 6. The summed E-state index contributed by atoms with van der Waals surface area (Å²) in [5.41, 5.74) is 0.630. The number of piperidine rings is 1. The SMILES string of the molecule is CNC(=O)Cn1cc(NC(=O)CCC2CCCCN2C)cn1. The maximum atomic E-state index is 12.0. The van der Waals surface area contributed by atoms with Crippen LogP contribution in [-0.4, -0.2) is 53.2 Å². The number of carbonyl (C=O) groups is 2. The van der Waals surface area contributed by atoms with E-state index in [-0.39, 0.29) is 18.4 Å². The van der Waals surface area contributed by atoms with Gasteiger partial charge in [0.05, 0.1) is 11.9 Å². The van der Waals surface area contributed by atoms with Crippen molar-refractivity contribution in [1.29, 1.82) is 0 Å². The molecule has 0 spiro atoms. The third kappa shape index (κ3) is 4.84. The normalized spacial score (nSPS) is 18.9. The third-order valence-electron chi connectivity index (χ3n) is 4.13. The summed E-state index contributed by atoms with van der Waals surface area (Å²) in [6.45, 7) is 1.28. The molecule has 1 unspecified atom stereocenters. The molecule has 0 saturated carbocycles. The zero-order valence-corrected chi connectivity index (χ0v) is 13.3. The molecule has 22 heavy (non-hydrogen) atoms. The van der Waals surface area contributed by atoms with Gasteiger partial charge in [0.25, 0.3) is 0 Å². The Kier molecular flexibility index (Phi) is 5.94. The number of carbonyl (C=O) groups excluding carboxylic acids is 2. The topological polar surface area (TPSA) is 79.3 Å². The van der Waals surface area contributed by atoms with Crippen LogP contribution in [0.3, 0.4) is 0 Å². The van der Waals surface area contributed by atoms with E-state index in [1.54, 1.807) is 19.4 Å². The highest BCUT2D eigenvalue weighted by Gasteiger charge is 2.19. The fourth-order valence-electron chi connectivity index (χ4n) is 2.77. The van der Waals surface area contributed by atoms with Gasteiger partial charge in [-0.2, -0.15) is 5.10 Å². The van der Waals surface area contributed by atoms with Gasteiger partial charge in [0.1, 0.15) is 6.54 Å². The molecule has 1 aliphatic heterocycles. The average Bonchev–Trinajstić information content (AvgIpc) is 2.93. The van der Waals surface area contributed by atoms with Crippen LogP contribution >= 0.6 is 0 Å². The smallest absolute Gasteiger partial charge is 0.241 e. The van der Waals surface area contributed by atoms with Crippen LogP contribution in [0.15, 0.2) is 12.4 Å². The maximum Gasteiger partial charge on any atom is 0.241 e. The minimum Gasteiger partial charge on any atom is -0.358 e. The summed E-state index contributed by atoms with van der Waals surface area (Å²) in [4.78, 5) is 25.6. The molecule has 2 amide bonds. The average molecular weight is 307 g/mol. The highest BCUT2D eigenvalue weighted by atomic mass is 16.2. The first-order chi connectivity index (χ1) is 10.6. The number of hydrogen-bond acceptors (Lipinski definition) is 4. The monoisotopic (exact) mass is 307 g/mol. The second kappa shape index (κ2) is 7.93. The Balaban J connectivity index is 1.76. The Morgan fingerprint density at radius 1 is 1.36 bits per heavy atom. The molecule has 1 aliphatic rings. The number of nitrogens with one attached hydrogen (secondary N) is 2. The van der Waals surface area contributed by atoms with Crippen molar-refractivity contribution in [1.82, 2.24) is 20.0 Å². The van der Waals surface area contributed by atoms with Crippen LogP contribution in [0.2, 0.25) is 0 Å². The molecule has 1 aromatic rings. The molecular weight excluding hydrogens is 282 g/mol. The predicted molar refractivity (Wildman–Crippen MR) is 84.4 cm³/mol. The van der Waals surface area contributed by atoms with E-state index in [4.69, 9.17) is 0 Å². The Labute approximate surface area is 131 Å². The molecule has 1 atom stereocenters. The van der Waals surface area contributed by atoms with Crippen molar-refractivity contribution in [2.24, 2.45) is 0 Å². The molecule has 1 aromatic heterocycles. The van der Waals surface area contributed by atoms with Crippen LogP contribution in [0.1, 0.15) is 32.1 Å². The quantitative estimate of drug-likeness (QED) is 0.816. The molecule has 7 heteroatoms. The molecule has 2 rings (SSSR count). The number of hydrogen-bond donors (Lipinski definition) is 2. The van der Waals surface area contributed by atoms with Crippen LogP contribution < -0.4 is 10.6 Å². The van der Waals surface area contributed by atoms with Gasteiger partial charge >= 0.3 is 0 Å². The standard InChI is InChI=1S/C15H25N5O2/c1-16-15(22)11-20-10-12(9-17-20)18-14(21)7-6-13-5-3-4-8-19(13)2/h9-10,13H,3-8,11H2,1-2H3,(H,16,22)(H,18,21). The van der Waals surface area contributed by atoms with Gasteiger partial charge in [-0.1, -0.05) is 6.42 Å². The van der Waals surface area contributed by atoms with E-state index >= 15 is 0 Å². The Morgan fingerprint density at radius 3 is 2.91 bits per heavy atom. The minimum absolute atomic E-state index is 0.00142. The lowest BCUT2D eigenvalue weighted by Crippen LogP contribution is -2.36.